The Labute approximate surface area is 124 Å². The van der Waals surface area contributed by atoms with Gasteiger partial charge in [0.1, 0.15) is 5.82 Å². The minimum Gasteiger partial charge on any atom is -0.382 e. The summed E-state index contributed by atoms with van der Waals surface area (Å²) in [5, 5.41) is 5.11. The van der Waals surface area contributed by atoms with Crippen LogP contribution < -0.4 is 5.73 Å². The molecule has 0 spiro atoms. The van der Waals surface area contributed by atoms with Gasteiger partial charge in [0.05, 0.1) is 6.04 Å². The van der Waals surface area contributed by atoms with E-state index in [0.29, 0.717) is 11.9 Å². The second kappa shape index (κ2) is 5.85. The van der Waals surface area contributed by atoms with E-state index < -0.39 is 0 Å². The van der Waals surface area contributed by atoms with Gasteiger partial charge in [0.25, 0.3) is 0 Å². The summed E-state index contributed by atoms with van der Waals surface area (Å²) in [6.07, 6.45) is 4.22. The Morgan fingerprint density at radius 2 is 1.85 bits per heavy atom. The third-order valence-corrected chi connectivity index (χ3v) is 4.13. The predicted molar refractivity (Wildman–Crippen MR) is 81.6 cm³/mol. The highest BCUT2D eigenvalue weighted by Gasteiger charge is 2.20. The fraction of sp³-hybridized carbons (Fsp3) is 0.400. The molecule has 2 N–H and O–H groups in total. The molecule has 5 heteroatoms. The van der Waals surface area contributed by atoms with Gasteiger partial charge in [-0.05, 0) is 36.6 Å². The second-order valence-corrected chi connectivity index (χ2v) is 5.79. The summed E-state index contributed by atoms with van der Waals surface area (Å²) in [7, 11) is 0. The van der Waals surface area contributed by atoms with E-state index in [1.807, 2.05) is 29.1 Å². The van der Waals surface area contributed by atoms with Gasteiger partial charge in [-0.25, -0.2) is 0 Å². The van der Waals surface area contributed by atoms with Crippen LogP contribution in [0.1, 0.15) is 24.4 Å². The first-order chi connectivity index (χ1) is 9.70. The second-order valence-electron chi connectivity index (χ2n) is 5.35. The molecule has 0 unspecified atom stereocenters. The van der Waals surface area contributed by atoms with Gasteiger partial charge in [0.15, 0.2) is 0 Å². The number of aromatic nitrogens is 2. The smallest absolute Gasteiger partial charge is 0.145 e. The van der Waals surface area contributed by atoms with Gasteiger partial charge in [-0.1, -0.05) is 23.7 Å². The van der Waals surface area contributed by atoms with E-state index in [4.69, 9.17) is 17.3 Å². The first-order valence-corrected chi connectivity index (χ1v) is 7.36. The van der Waals surface area contributed by atoms with Gasteiger partial charge >= 0.3 is 0 Å². The molecule has 20 heavy (non-hydrogen) atoms. The van der Waals surface area contributed by atoms with Crippen LogP contribution >= 0.6 is 11.6 Å². The van der Waals surface area contributed by atoms with E-state index in [1.165, 1.54) is 5.56 Å². The van der Waals surface area contributed by atoms with Crippen LogP contribution in [-0.4, -0.2) is 27.8 Å². The number of anilines is 1. The summed E-state index contributed by atoms with van der Waals surface area (Å²) in [6.45, 7) is 3.17. The maximum Gasteiger partial charge on any atom is 0.145 e. The van der Waals surface area contributed by atoms with E-state index in [9.17, 15) is 0 Å². The van der Waals surface area contributed by atoms with Crippen molar-refractivity contribution in [3.05, 3.63) is 47.1 Å². The van der Waals surface area contributed by atoms with Gasteiger partial charge in [-0.3, -0.25) is 9.58 Å². The Bertz CT molecular complexity index is 556. The third-order valence-electron chi connectivity index (χ3n) is 3.88. The molecular formula is C15H19ClN4. The van der Waals surface area contributed by atoms with Crippen molar-refractivity contribution in [3.8, 4) is 0 Å². The fourth-order valence-electron chi connectivity index (χ4n) is 2.75. The van der Waals surface area contributed by atoms with E-state index in [-0.39, 0.29) is 0 Å². The Balaban J connectivity index is 1.54. The van der Waals surface area contributed by atoms with Crippen molar-refractivity contribution in [3.63, 3.8) is 0 Å². The summed E-state index contributed by atoms with van der Waals surface area (Å²) in [6, 6.07) is 10.5. The summed E-state index contributed by atoms with van der Waals surface area (Å²) in [5.74, 6) is 0.605. The van der Waals surface area contributed by atoms with Crippen LogP contribution in [0, 0.1) is 0 Å². The zero-order chi connectivity index (χ0) is 13.9. The normalized spacial score (nSPS) is 17.4. The van der Waals surface area contributed by atoms with Gasteiger partial charge in [-0.2, -0.15) is 5.10 Å². The molecule has 1 saturated heterocycles. The lowest BCUT2D eigenvalue weighted by Crippen LogP contribution is -2.34. The molecule has 1 fully saturated rings. The predicted octanol–water partition coefficient (Wildman–Crippen LogP) is 2.96. The van der Waals surface area contributed by atoms with Crippen LogP contribution in [0.15, 0.2) is 36.5 Å². The summed E-state index contributed by atoms with van der Waals surface area (Å²) < 4.78 is 2.01. The molecule has 0 bridgehead atoms. The molecule has 2 aromatic rings. The fourth-order valence-corrected chi connectivity index (χ4v) is 2.87. The molecule has 106 valence electrons. The number of nitrogens with zero attached hydrogens (tertiary/aromatic N) is 3. The molecule has 1 aliphatic heterocycles. The number of nitrogens with two attached hydrogens (primary N) is 1. The standard InChI is InChI=1S/C15H19ClN4/c16-13-3-1-12(2-4-13)11-19-8-5-14(6-9-19)20-10-7-15(17)18-20/h1-4,7,10,14H,5-6,8-9,11H2,(H2,17,18). The van der Waals surface area contributed by atoms with Crippen LogP contribution in [-0.2, 0) is 6.54 Å². The number of benzene rings is 1. The number of nitrogen functional groups attached to an aromatic ring is 1. The van der Waals surface area contributed by atoms with Crippen LogP contribution in [0.25, 0.3) is 0 Å². The molecule has 2 heterocycles. The van der Waals surface area contributed by atoms with Crippen LogP contribution in [0.4, 0.5) is 5.82 Å². The molecule has 0 radical (unpaired) electrons. The highest BCUT2D eigenvalue weighted by atomic mass is 35.5. The topological polar surface area (TPSA) is 47.1 Å². The minimum atomic E-state index is 0.480. The van der Waals surface area contributed by atoms with Gasteiger partial charge in [0.2, 0.25) is 0 Å². The highest BCUT2D eigenvalue weighted by molar-refractivity contribution is 6.30. The minimum absolute atomic E-state index is 0.480. The molecule has 0 amide bonds. The van der Waals surface area contributed by atoms with E-state index in [2.05, 4.69) is 22.1 Å². The largest absolute Gasteiger partial charge is 0.382 e. The molecule has 4 nitrogen and oxygen atoms in total. The van der Waals surface area contributed by atoms with E-state index in [1.54, 1.807) is 0 Å². The number of piperidine rings is 1. The molecular weight excluding hydrogens is 272 g/mol. The highest BCUT2D eigenvalue weighted by Crippen LogP contribution is 2.23. The Morgan fingerprint density at radius 1 is 1.15 bits per heavy atom. The lowest BCUT2D eigenvalue weighted by Gasteiger charge is -2.32. The molecule has 0 atom stereocenters. The van der Waals surface area contributed by atoms with E-state index in [0.717, 1.165) is 37.5 Å². The van der Waals surface area contributed by atoms with Gasteiger partial charge in [0, 0.05) is 30.9 Å². The maximum absolute atomic E-state index is 5.91. The lowest BCUT2D eigenvalue weighted by molar-refractivity contribution is 0.173. The molecule has 1 aromatic heterocycles. The maximum atomic E-state index is 5.91. The van der Waals surface area contributed by atoms with E-state index >= 15 is 0 Å². The molecule has 0 aliphatic carbocycles. The van der Waals surface area contributed by atoms with Crippen molar-refractivity contribution < 1.29 is 0 Å². The quantitative estimate of drug-likeness (QED) is 0.945. The van der Waals surface area contributed by atoms with Crippen molar-refractivity contribution in [2.75, 3.05) is 18.8 Å². The monoisotopic (exact) mass is 290 g/mol. The van der Waals surface area contributed by atoms with Crippen molar-refractivity contribution >= 4 is 17.4 Å². The van der Waals surface area contributed by atoms with Crippen molar-refractivity contribution in [1.82, 2.24) is 14.7 Å². The Morgan fingerprint density at radius 3 is 2.45 bits per heavy atom. The summed E-state index contributed by atoms with van der Waals surface area (Å²) >= 11 is 5.91. The van der Waals surface area contributed by atoms with Crippen molar-refractivity contribution in [1.29, 1.82) is 0 Å². The summed E-state index contributed by atoms with van der Waals surface area (Å²) in [4.78, 5) is 2.48. The first-order valence-electron chi connectivity index (χ1n) is 6.98. The SMILES string of the molecule is Nc1ccn(C2CCN(Cc3ccc(Cl)cc3)CC2)n1. The van der Waals surface area contributed by atoms with Gasteiger partial charge in [-0.15, -0.1) is 0 Å². The van der Waals surface area contributed by atoms with Crippen molar-refractivity contribution in [2.45, 2.75) is 25.4 Å². The lowest BCUT2D eigenvalue weighted by atomic mass is 10.0. The third kappa shape index (κ3) is 3.14. The van der Waals surface area contributed by atoms with Crippen LogP contribution in [0.5, 0.6) is 0 Å². The number of hydrogen-bond acceptors (Lipinski definition) is 3. The Kier molecular flexibility index (Phi) is 3.94. The molecule has 1 aliphatic rings. The first kappa shape index (κ1) is 13.5. The van der Waals surface area contributed by atoms with Crippen LogP contribution in [0.3, 0.4) is 0 Å². The van der Waals surface area contributed by atoms with Crippen molar-refractivity contribution in [2.24, 2.45) is 0 Å². The number of hydrogen-bond donors (Lipinski definition) is 1. The Hall–Kier alpha value is -1.52. The summed E-state index contributed by atoms with van der Waals surface area (Å²) in [5.41, 5.74) is 6.99. The van der Waals surface area contributed by atoms with Gasteiger partial charge < -0.3 is 5.73 Å². The molecule has 3 rings (SSSR count). The average molecular weight is 291 g/mol. The zero-order valence-corrected chi connectivity index (χ0v) is 12.1. The van der Waals surface area contributed by atoms with Crippen LogP contribution in [0.2, 0.25) is 5.02 Å². The number of halogens is 1. The zero-order valence-electron chi connectivity index (χ0n) is 11.4. The molecule has 1 aromatic carbocycles. The number of likely N-dealkylation sites (tertiary alicyclic amines) is 1. The molecule has 0 saturated carbocycles. The number of rotatable bonds is 3. The average Bonchev–Trinajstić information content (AvgIpc) is 2.89.